The maximum atomic E-state index is 13.5. The van der Waals surface area contributed by atoms with Crippen LogP contribution < -0.4 is 5.32 Å². The first-order chi connectivity index (χ1) is 9.95. The van der Waals surface area contributed by atoms with Crippen molar-refractivity contribution in [1.29, 1.82) is 0 Å². The first-order valence-electron chi connectivity index (χ1n) is 7.08. The highest BCUT2D eigenvalue weighted by atomic mass is 19.1. The second kappa shape index (κ2) is 6.95. The van der Waals surface area contributed by atoms with E-state index in [1.54, 1.807) is 6.92 Å². The molecule has 0 aliphatic carbocycles. The van der Waals surface area contributed by atoms with E-state index in [0.29, 0.717) is 19.5 Å². The Kier molecular flexibility index (Phi) is 5.25. The molecule has 1 amide bonds. The predicted octanol–water partition coefficient (Wildman–Crippen LogP) is 1.08. The number of carbonyl (C=O) groups is 1. The van der Waals surface area contributed by atoms with Gasteiger partial charge in [-0.3, -0.25) is 9.69 Å². The highest BCUT2D eigenvalue weighted by Gasteiger charge is 2.22. The van der Waals surface area contributed by atoms with Crippen molar-refractivity contribution in [3.63, 3.8) is 0 Å². The summed E-state index contributed by atoms with van der Waals surface area (Å²) in [5, 5.41) is 12.1. The molecule has 1 aromatic rings. The molecular formula is C15H20F2N2O2. The van der Waals surface area contributed by atoms with Gasteiger partial charge in [0.15, 0.2) is 0 Å². The summed E-state index contributed by atoms with van der Waals surface area (Å²) in [4.78, 5) is 13.7. The number of aliphatic hydroxyl groups is 1. The lowest BCUT2D eigenvalue weighted by atomic mass is 10.1. The van der Waals surface area contributed by atoms with Crippen LogP contribution in [0.2, 0.25) is 0 Å². The number of β-amino-alcohol motifs (C(OH)–C–C–N with tert-alkyl or cyclic N) is 1. The number of likely N-dealkylation sites (tertiary alicyclic amines) is 1. The van der Waals surface area contributed by atoms with Crippen molar-refractivity contribution in [3.8, 4) is 0 Å². The smallest absolute Gasteiger partial charge is 0.234 e. The van der Waals surface area contributed by atoms with Crippen LogP contribution in [0.4, 0.5) is 8.78 Å². The van der Waals surface area contributed by atoms with Gasteiger partial charge in [0.05, 0.1) is 12.6 Å². The van der Waals surface area contributed by atoms with Crippen molar-refractivity contribution in [2.75, 3.05) is 19.6 Å². The Bertz CT molecular complexity index is 490. The summed E-state index contributed by atoms with van der Waals surface area (Å²) in [6.07, 6.45) is 0.401. The number of nitrogens with zero attached hydrogens (tertiary/aromatic N) is 1. The lowest BCUT2D eigenvalue weighted by Gasteiger charge is -2.18. The minimum atomic E-state index is -0.598. The third-order valence-electron chi connectivity index (χ3n) is 3.59. The third kappa shape index (κ3) is 4.47. The minimum absolute atomic E-state index is 0.0121. The number of aliphatic hydroxyl groups excluding tert-OH is 1. The molecule has 116 valence electrons. The topological polar surface area (TPSA) is 52.6 Å². The largest absolute Gasteiger partial charge is 0.392 e. The van der Waals surface area contributed by atoms with Gasteiger partial charge < -0.3 is 10.4 Å². The van der Waals surface area contributed by atoms with Crippen molar-refractivity contribution in [3.05, 3.63) is 35.4 Å². The molecule has 1 saturated heterocycles. The maximum absolute atomic E-state index is 13.5. The van der Waals surface area contributed by atoms with Crippen LogP contribution in [-0.2, 0) is 11.2 Å². The van der Waals surface area contributed by atoms with Gasteiger partial charge in [0.1, 0.15) is 11.6 Å². The molecule has 2 rings (SSSR count). The Morgan fingerprint density at radius 1 is 1.48 bits per heavy atom. The predicted molar refractivity (Wildman–Crippen MR) is 74.7 cm³/mol. The lowest BCUT2D eigenvalue weighted by molar-refractivity contribution is -0.122. The fourth-order valence-corrected chi connectivity index (χ4v) is 2.56. The maximum Gasteiger partial charge on any atom is 0.234 e. The van der Waals surface area contributed by atoms with E-state index in [-0.39, 0.29) is 36.6 Å². The van der Waals surface area contributed by atoms with Crippen molar-refractivity contribution in [1.82, 2.24) is 10.2 Å². The standard InChI is InChI=1S/C15H20F2N2O2/c1-10(7-12-13(16)3-2-4-14(12)17)18-15(21)9-19-6-5-11(20)8-19/h2-4,10-11,20H,5-9H2,1H3,(H,18,21)/t10?,11-/m0/s1. The second-order valence-corrected chi connectivity index (χ2v) is 5.55. The van der Waals surface area contributed by atoms with Gasteiger partial charge in [0, 0.05) is 24.7 Å². The lowest BCUT2D eigenvalue weighted by Crippen LogP contribution is -2.41. The highest BCUT2D eigenvalue weighted by Crippen LogP contribution is 2.14. The van der Waals surface area contributed by atoms with Crippen LogP contribution >= 0.6 is 0 Å². The third-order valence-corrected chi connectivity index (χ3v) is 3.59. The molecule has 0 spiro atoms. The fourth-order valence-electron chi connectivity index (χ4n) is 2.56. The highest BCUT2D eigenvalue weighted by molar-refractivity contribution is 5.78. The van der Waals surface area contributed by atoms with Gasteiger partial charge in [-0.1, -0.05) is 6.07 Å². The van der Waals surface area contributed by atoms with Gasteiger partial charge in [-0.05, 0) is 31.9 Å². The molecular weight excluding hydrogens is 278 g/mol. The molecule has 6 heteroatoms. The van der Waals surface area contributed by atoms with E-state index in [1.165, 1.54) is 18.2 Å². The number of rotatable bonds is 5. The Morgan fingerprint density at radius 3 is 2.71 bits per heavy atom. The summed E-state index contributed by atoms with van der Waals surface area (Å²) in [6, 6.07) is 3.36. The SMILES string of the molecule is CC(Cc1c(F)cccc1F)NC(=O)CN1CC[C@H](O)C1. The molecule has 1 aliphatic rings. The Balaban J connectivity index is 1.84. The van der Waals surface area contributed by atoms with E-state index in [0.717, 1.165) is 0 Å². The molecule has 2 atom stereocenters. The molecule has 1 fully saturated rings. The number of nitrogens with one attached hydrogen (secondary N) is 1. The van der Waals surface area contributed by atoms with E-state index in [2.05, 4.69) is 5.32 Å². The summed E-state index contributed by atoms with van der Waals surface area (Å²) in [5.74, 6) is -1.40. The van der Waals surface area contributed by atoms with Crippen LogP contribution in [0.25, 0.3) is 0 Å². The zero-order chi connectivity index (χ0) is 15.4. The molecule has 1 aliphatic heterocycles. The average molecular weight is 298 g/mol. The van der Waals surface area contributed by atoms with Gasteiger partial charge in [0.2, 0.25) is 5.91 Å². The quantitative estimate of drug-likeness (QED) is 0.855. The van der Waals surface area contributed by atoms with Crippen molar-refractivity contribution in [2.24, 2.45) is 0 Å². The molecule has 0 aromatic heterocycles. The Labute approximate surface area is 122 Å². The van der Waals surface area contributed by atoms with E-state index in [9.17, 15) is 18.7 Å². The van der Waals surface area contributed by atoms with Crippen LogP contribution in [0.5, 0.6) is 0 Å². The number of halogens is 2. The van der Waals surface area contributed by atoms with Gasteiger partial charge in [-0.2, -0.15) is 0 Å². The van der Waals surface area contributed by atoms with Crippen LogP contribution in [-0.4, -0.2) is 47.7 Å². The summed E-state index contributed by atoms with van der Waals surface area (Å²) >= 11 is 0. The number of hydrogen-bond donors (Lipinski definition) is 2. The van der Waals surface area contributed by atoms with Gasteiger partial charge >= 0.3 is 0 Å². The van der Waals surface area contributed by atoms with Crippen molar-refractivity contribution < 1.29 is 18.7 Å². The van der Waals surface area contributed by atoms with E-state index >= 15 is 0 Å². The van der Waals surface area contributed by atoms with Crippen molar-refractivity contribution >= 4 is 5.91 Å². The first-order valence-corrected chi connectivity index (χ1v) is 7.08. The molecule has 0 saturated carbocycles. The minimum Gasteiger partial charge on any atom is -0.392 e. The molecule has 4 nitrogen and oxygen atoms in total. The first kappa shape index (κ1) is 15.9. The average Bonchev–Trinajstić information content (AvgIpc) is 2.79. The van der Waals surface area contributed by atoms with E-state index in [4.69, 9.17) is 0 Å². The van der Waals surface area contributed by atoms with Crippen LogP contribution in [0.15, 0.2) is 18.2 Å². The number of hydrogen-bond acceptors (Lipinski definition) is 3. The van der Waals surface area contributed by atoms with E-state index in [1.807, 2.05) is 4.90 Å². The van der Waals surface area contributed by atoms with E-state index < -0.39 is 11.6 Å². The molecule has 0 bridgehead atoms. The zero-order valence-electron chi connectivity index (χ0n) is 12.0. The van der Waals surface area contributed by atoms with Crippen LogP contribution in [0.3, 0.4) is 0 Å². The summed E-state index contributed by atoms with van der Waals surface area (Å²) in [5.41, 5.74) is -0.0121. The molecule has 2 N–H and O–H groups in total. The van der Waals surface area contributed by atoms with Crippen LogP contribution in [0, 0.1) is 11.6 Å². The molecule has 0 radical (unpaired) electrons. The number of benzene rings is 1. The zero-order valence-corrected chi connectivity index (χ0v) is 12.0. The van der Waals surface area contributed by atoms with Gasteiger partial charge in [-0.25, -0.2) is 8.78 Å². The molecule has 1 aromatic carbocycles. The molecule has 1 heterocycles. The summed E-state index contributed by atoms with van der Waals surface area (Å²) < 4.78 is 27.1. The Morgan fingerprint density at radius 2 is 2.14 bits per heavy atom. The molecule has 1 unspecified atom stereocenters. The monoisotopic (exact) mass is 298 g/mol. The fraction of sp³-hybridized carbons (Fsp3) is 0.533. The Hall–Kier alpha value is -1.53. The normalized spacial score (nSPS) is 20.5. The number of carbonyl (C=O) groups excluding carboxylic acids is 1. The van der Waals surface area contributed by atoms with Crippen LogP contribution in [0.1, 0.15) is 18.9 Å². The summed E-state index contributed by atoms with van der Waals surface area (Å²) in [7, 11) is 0. The van der Waals surface area contributed by atoms with Gasteiger partial charge in [-0.15, -0.1) is 0 Å². The second-order valence-electron chi connectivity index (χ2n) is 5.55. The van der Waals surface area contributed by atoms with Gasteiger partial charge in [0.25, 0.3) is 0 Å². The number of amides is 1. The summed E-state index contributed by atoms with van der Waals surface area (Å²) in [6.45, 7) is 3.08. The molecule has 21 heavy (non-hydrogen) atoms. The van der Waals surface area contributed by atoms with Crippen molar-refractivity contribution in [2.45, 2.75) is 31.9 Å².